The molecule has 0 aliphatic carbocycles. The molecule has 134 valence electrons. The highest BCUT2D eigenvalue weighted by Gasteiger charge is 2.41. The van der Waals surface area contributed by atoms with Gasteiger partial charge in [0.15, 0.2) is 0 Å². The van der Waals surface area contributed by atoms with Crippen LogP contribution in [-0.2, 0) is 21.4 Å². The average Bonchev–Trinajstić information content (AvgIpc) is 3.31. The third-order valence-corrected chi connectivity index (χ3v) is 7.74. The number of hydrogen-bond donors (Lipinski definition) is 0. The second kappa shape index (κ2) is 7.68. The number of rotatable bonds is 6. The summed E-state index contributed by atoms with van der Waals surface area (Å²) in [6.07, 6.45) is 1.29. The minimum absolute atomic E-state index is 0.107. The summed E-state index contributed by atoms with van der Waals surface area (Å²) in [7, 11) is -3.60. The molecule has 1 aliphatic heterocycles. The van der Waals surface area contributed by atoms with Crippen molar-refractivity contribution in [2.75, 3.05) is 13.1 Å². The van der Waals surface area contributed by atoms with Gasteiger partial charge in [-0.15, -0.1) is 11.3 Å². The molecular formula is C18H22N2O3S2. The first-order chi connectivity index (χ1) is 12.0. The SMILES string of the molecule is CCN(Cc1ccccc1)C(=O)C1CCCN1S(=O)(=O)c1cccs1. The first-order valence-corrected chi connectivity index (χ1v) is 10.7. The molecule has 0 radical (unpaired) electrons. The van der Waals surface area contributed by atoms with Crippen molar-refractivity contribution in [2.24, 2.45) is 0 Å². The smallest absolute Gasteiger partial charge is 0.253 e. The Hall–Kier alpha value is -1.70. The molecular weight excluding hydrogens is 356 g/mol. The van der Waals surface area contributed by atoms with Crippen molar-refractivity contribution in [3.63, 3.8) is 0 Å². The molecule has 7 heteroatoms. The molecule has 2 heterocycles. The molecule has 0 bridgehead atoms. The van der Waals surface area contributed by atoms with Crippen molar-refractivity contribution >= 4 is 27.3 Å². The van der Waals surface area contributed by atoms with E-state index in [4.69, 9.17) is 0 Å². The predicted molar refractivity (Wildman–Crippen MR) is 98.8 cm³/mol. The zero-order valence-electron chi connectivity index (χ0n) is 14.2. The van der Waals surface area contributed by atoms with Crippen LogP contribution in [0.5, 0.6) is 0 Å². The van der Waals surface area contributed by atoms with Crippen LogP contribution in [0.3, 0.4) is 0 Å². The summed E-state index contributed by atoms with van der Waals surface area (Å²) in [4.78, 5) is 14.8. The van der Waals surface area contributed by atoms with Gasteiger partial charge in [0.2, 0.25) is 5.91 Å². The largest absolute Gasteiger partial charge is 0.337 e. The number of sulfonamides is 1. The zero-order valence-corrected chi connectivity index (χ0v) is 15.8. The standard InChI is InChI=1S/C18H22N2O3S2/c1-2-19(14-15-8-4-3-5-9-15)18(21)16-10-6-12-20(16)25(22,23)17-11-7-13-24-17/h3-5,7-9,11,13,16H,2,6,10,12,14H2,1H3. The highest BCUT2D eigenvalue weighted by Crippen LogP contribution is 2.29. The lowest BCUT2D eigenvalue weighted by Gasteiger charge is -2.29. The van der Waals surface area contributed by atoms with Gasteiger partial charge >= 0.3 is 0 Å². The van der Waals surface area contributed by atoms with E-state index in [9.17, 15) is 13.2 Å². The van der Waals surface area contributed by atoms with E-state index in [0.717, 1.165) is 5.56 Å². The number of thiophene rings is 1. The maximum absolute atomic E-state index is 13.0. The van der Waals surface area contributed by atoms with Crippen molar-refractivity contribution in [1.29, 1.82) is 0 Å². The van der Waals surface area contributed by atoms with Crippen molar-refractivity contribution in [3.8, 4) is 0 Å². The summed E-state index contributed by atoms with van der Waals surface area (Å²) < 4.78 is 27.4. The van der Waals surface area contributed by atoms with E-state index in [1.54, 1.807) is 22.4 Å². The van der Waals surface area contributed by atoms with Crippen molar-refractivity contribution in [3.05, 3.63) is 53.4 Å². The molecule has 0 N–H and O–H groups in total. The fraction of sp³-hybridized carbons (Fsp3) is 0.389. The summed E-state index contributed by atoms with van der Waals surface area (Å²) in [6, 6.07) is 12.5. The molecule has 1 aromatic carbocycles. The van der Waals surface area contributed by atoms with Gasteiger partial charge in [-0.2, -0.15) is 4.31 Å². The topological polar surface area (TPSA) is 57.7 Å². The molecule has 25 heavy (non-hydrogen) atoms. The van der Waals surface area contributed by atoms with Gasteiger partial charge in [0.25, 0.3) is 10.0 Å². The molecule has 0 spiro atoms. The van der Waals surface area contributed by atoms with E-state index in [2.05, 4.69) is 0 Å². The van der Waals surface area contributed by atoms with Crippen LogP contribution in [0.4, 0.5) is 0 Å². The van der Waals surface area contributed by atoms with E-state index >= 15 is 0 Å². The van der Waals surface area contributed by atoms with Crippen LogP contribution in [0.1, 0.15) is 25.3 Å². The Bertz CT molecular complexity index is 804. The number of benzene rings is 1. The third kappa shape index (κ3) is 3.78. The lowest BCUT2D eigenvalue weighted by atomic mass is 10.1. The number of nitrogens with zero attached hydrogens (tertiary/aromatic N) is 2. The number of carbonyl (C=O) groups excluding carboxylic acids is 1. The summed E-state index contributed by atoms with van der Waals surface area (Å²) in [5, 5.41) is 1.74. The zero-order chi connectivity index (χ0) is 17.9. The van der Waals surface area contributed by atoms with Crippen LogP contribution in [0.25, 0.3) is 0 Å². The van der Waals surface area contributed by atoms with E-state index in [1.807, 2.05) is 37.3 Å². The van der Waals surface area contributed by atoms with E-state index in [-0.39, 0.29) is 5.91 Å². The summed E-state index contributed by atoms with van der Waals surface area (Å²) >= 11 is 1.19. The molecule has 1 fully saturated rings. The van der Waals surface area contributed by atoms with Crippen LogP contribution in [0, 0.1) is 0 Å². The maximum atomic E-state index is 13.0. The van der Waals surface area contributed by atoms with Crippen LogP contribution < -0.4 is 0 Å². The van der Waals surface area contributed by atoms with E-state index in [0.29, 0.717) is 36.7 Å². The van der Waals surface area contributed by atoms with Gasteiger partial charge in [-0.05, 0) is 36.8 Å². The molecule has 1 aromatic heterocycles. The van der Waals surface area contributed by atoms with Gasteiger partial charge in [-0.1, -0.05) is 36.4 Å². The first kappa shape index (κ1) is 18.1. The van der Waals surface area contributed by atoms with E-state index in [1.165, 1.54) is 15.6 Å². The maximum Gasteiger partial charge on any atom is 0.253 e. The Kier molecular flexibility index (Phi) is 5.56. The van der Waals surface area contributed by atoms with Crippen LogP contribution in [-0.4, -0.2) is 42.7 Å². The Labute approximate surface area is 152 Å². The summed E-state index contributed by atoms with van der Waals surface area (Å²) in [6.45, 7) is 3.38. The van der Waals surface area contributed by atoms with Gasteiger partial charge in [-0.25, -0.2) is 8.42 Å². The van der Waals surface area contributed by atoms with Gasteiger partial charge in [0.05, 0.1) is 0 Å². The number of amides is 1. The highest BCUT2D eigenvalue weighted by molar-refractivity contribution is 7.91. The molecule has 5 nitrogen and oxygen atoms in total. The lowest BCUT2D eigenvalue weighted by Crippen LogP contribution is -2.47. The molecule has 1 atom stereocenters. The highest BCUT2D eigenvalue weighted by atomic mass is 32.2. The third-order valence-electron chi connectivity index (χ3n) is 4.46. The molecule has 2 aromatic rings. The molecule has 0 saturated carbocycles. The monoisotopic (exact) mass is 378 g/mol. The van der Waals surface area contributed by atoms with Crippen molar-refractivity contribution in [1.82, 2.24) is 9.21 Å². The van der Waals surface area contributed by atoms with Gasteiger partial charge < -0.3 is 4.90 Å². The second-order valence-corrected chi connectivity index (χ2v) is 9.11. The molecule has 3 rings (SSSR count). The average molecular weight is 379 g/mol. The van der Waals surface area contributed by atoms with Crippen molar-refractivity contribution < 1.29 is 13.2 Å². The van der Waals surface area contributed by atoms with Crippen LogP contribution >= 0.6 is 11.3 Å². The fourth-order valence-electron chi connectivity index (χ4n) is 3.16. The fourth-order valence-corrected chi connectivity index (χ4v) is 5.93. The predicted octanol–water partition coefficient (Wildman–Crippen LogP) is 2.95. The van der Waals surface area contributed by atoms with Gasteiger partial charge in [-0.3, -0.25) is 4.79 Å². The lowest BCUT2D eigenvalue weighted by molar-refractivity contribution is -0.135. The Morgan fingerprint density at radius 3 is 2.64 bits per heavy atom. The second-order valence-electron chi connectivity index (χ2n) is 6.04. The normalized spacial score (nSPS) is 18.4. The van der Waals surface area contributed by atoms with Crippen LogP contribution in [0.15, 0.2) is 52.1 Å². The van der Waals surface area contributed by atoms with E-state index < -0.39 is 16.1 Å². The van der Waals surface area contributed by atoms with Crippen molar-refractivity contribution in [2.45, 2.75) is 36.6 Å². The summed E-state index contributed by atoms with van der Waals surface area (Å²) in [5.74, 6) is -0.107. The molecule has 1 saturated heterocycles. The minimum Gasteiger partial charge on any atom is -0.337 e. The Balaban J connectivity index is 1.80. The van der Waals surface area contributed by atoms with Crippen LogP contribution in [0.2, 0.25) is 0 Å². The molecule has 1 aliphatic rings. The van der Waals surface area contributed by atoms with Gasteiger partial charge in [0.1, 0.15) is 10.3 Å². The molecule has 1 amide bonds. The first-order valence-electron chi connectivity index (χ1n) is 8.42. The summed E-state index contributed by atoms with van der Waals surface area (Å²) in [5.41, 5.74) is 1.04. The van der Waals surface area contributed by atoms with Gasteiger partial charge in [0, 0.05) is 19.6 Å². The number of hydrogen-bond acceptors (Lipinski definition) is 4. The number of likely N-dealkylation sites (N-methyl/N-ethyl adjacent to an activating group) is 1. The molecule has 1 unspecified atom stereocenters. The Morgan fingerprint density at radius 1 is 1.24 bits per heavy atom. The number of carbonyl (C=O) groups is 1. The Morgan fingerprint density at radius 2 is 2.00 bits per heavy atom. The minimum atomic E-state index is -3.60. The quantitative estimate of drug-likeness (QED) is 0.776.